The molecular formula is C19H30O. The SMILES string of the molecule is CCCCCCCCC(=O)c1ccc(C(C)(C)C)cc1. The molecule has 0 saturated heterocycles. The minimum atomic E-state index is 0.154. The van der Waals surface area contributed by atoms with Crippen LogP contribution in [-0.4, -0.2) is 5.78 Å². The smallest absolute Gasteiger partial charge is 0.162 e. The molecule has 0 spiro atoms. The van der Waals surface area contributed by atoms with Crippen molar-refractivity contribution in [2.45, 2.75) is 78.1 Å². The molecule has 0 bridgehead atoms. The van der Waals surface area contributed by atoms with Gasteiger partial charge in [0.15, 0.2) is 5.78 Å². The fourth-order valence-corrected chi connectivity index (χ4v) is 2.37. The summed E-state index contributed by atoms with van der Waals surface area (Å²) < 4.78 is 0. The third kappa shape index (κ3) is 5.90. The third-order valence-corrected chi connectivity index (χ3v) is 3.83. The van der Waals surface area contributed by atoms with Gasteiger partial charge in [-0.1, -0.05) is 84.1 Å². The summed E-state index contributed by atoms with van der Waals surface area (Å²) in [4.78, 5) is 12.1. The molecule has 1 aromatic carbocycles. The van der Waals surface area contributed by atoms with Gasteiger partial charge in [0, 0.05) is 12.0 Å². The Morgan fingerprint density at radius 3 is 2.00 bits per heavy atom. The molecule has 20 heavy (non-hydrogen) atoms. The van der Waals surface area contributed by atoms with Gasteiger partial charge in [0.25, 0.3) is 0 Å². The second kappa shape index (κ2) is 8.24. The zero-order chi connectivity index (χ0) is 15.0. The van der Waals surface area contributed by atoms with E-state index in [1.54, 1.807) is 0 Å². The molecular weight excluding hydrogens is 244 g/mol. The minimum Gasteiger partial charge on any atom is -0.294 e. The van der Waals surface area contributed by atoms with Crippen LogP contribution in [0, 0.1) is 0 Å². The molecule has 0 heterocycles. The number of hydrogen-bond donors (Lipinski definition) is 0. The summed E-state index contributed by atoms with van der Waals surface area (Å²) >= 11 is 0. The summed E-state index contributed by atoms with van der Waals surface area (Å²) in [6.07, 6.45) is 8.09. The number of carbonyl (C=O) groups excluding carboxylic acids is 1. The lowest BCUT2D eigenvalue weighted by Gasteiger charge is -2.18. The van der Waals surface area contributed by atoms with Gasteiger partial charge < -0.3 is 0 Å². The van der Waals surface area contributed by atoms with Crippen molar-refractivity contribution >= 4 is 5.78 Å². The van der Waals surface area contributed by atoms with Crippen LogP contribution in [0.1, 0.15) is 88.6 Å². The number of unbranched alkanes of at least 4 members (excludes halogenated alkanes) is 5. The van der Waals surface area contributed by atoms with Crippen molar-refractivity contribution in [3.63, 3.8) is 0 Å². The maximum atomic E-state index is 12.1. The normalized spacial score (nSPS) is 11.6. The highest BCUT2D eigenvalue weighted by molar-refractivity contribution is 5.96. The first-order chi connectivity index (χ1) is 9.45. The van der Waals surface area contributed by atoms with Gasteiger partial charge in [-0.2, -0.15) is 0 Å². The maximum absolute atomic E-state index is 12.1. The predicted octanol–water partition coefficient (Wildman–Crippen LogP) is 5.92. The number of benzene rings is 1. The summed E-state index contributed by atoms with van der Waals surface area (Å²) in [5, 5.41) is 0. The first-order valence-electron chi connectivity index (χ1n) is 8.09. The van der Waals surface area contributed by atoms with E-state index in [1.165, 1.54) is 37.7 Å². The summed E-state index contributed by atoms with van der Waals surface area (Å²) in [7, 11) is 0. The lowest BCUT2D eigenvalue weighted by molar-refractivity contribution is 0.0979. The molecule has 0 unspecified atom stereocenters. The lowest BCUT2D eigenvalue weighted by Crippen LogP contribution is -2.11. The van der Waals surface area contributed by atoms with E-state index < -0.39 is 0 Å². The number of rotatable bonds is 8. The Morgan fingerprint density at radius 1 is 0.900 bits per heavy atom. The Labute approximate surface area is 124 Å². The Kier molecular flexibility index (Phi) is 6.98. The van der Waals surface area contributed by atoms with Crippen LogP contribution < -0.4 is 0 Å². The monoisotopic (exact) mass is 274 g/mol. The average Bonchev–Trinajstić information content (AvgIpc) is 2.41. The van der Waals surface area contributed by atoms with Gasteiger partial charge in [-0.3, -0.25) is 4.79 Å². The number of ketones is 1. The quantitative estimate of drug-likeness (QED) is 0.425. The van der Waals surface area contributed by atoms with Crippen molar-refractivity contribution < 1.29 is 4.79 Å². The highest BCUT2D eigenvalue weighted by atomic mass is 16.1. The van der Waals surface area contributed by atoms with Crippen LogP contribution in [0.4, 0.5) is 0 Å². The molecule has 112 valence electrons. The Bertz CT molecular complexity index is 395. The summed E-state index contributed by atoms with van der Waals surface area (Å²) in [5.74, 6) is 0.293. The first-order valence-corrected chi connectivity index (χ1v) is 8.09. The van der Waals surface area contributed by atoms with Crippen molar-refractivity contribution in [3.05, 3.63) is 35.4 Å². The molecule has 0 radical (unpaired) electrons. The summed E-state index contributed by atoms with van der Waals surface area (Å²) in [5.41, 5.74) is 2.31. The number of Topliss-reactive ketones (excluding diaryl/α,β-unsaturated/α-hetero) is 1. The second-order valence-electron chi connectivity index (χ2n) is 6.77. The van der Waals surface area contributed by atoms with Crippen LogP contribution in [0.25, 0.3) is 0 Å². The molecule has 1 aromatic rings. The van der Waals surface area contributed by atoms with Gasteiger partial charge in [-0.25, -0.2) is 0 Å². The predicted molar refractivity (Wildman–Crippen MR) is 87.5 cm³/mol. The van der Waals surface area contributed by atoms with E-state index in [9.17, 15) is 4.79 Å². The van der Waals surface area contributed by atoms with Gasteiger partial charge in [0.1, 0.15) is 0 Å². The summed E-state index contributed by atoms with van der Waals surface area (Å²) in [6.45, 7) is 8.81. The Hall–Kier alpha value is -1.11. The highest BCUT2D eigenvalue weighted by Gasteiger charge is 2.14. The van der Waals surface area contributed by atoms with E-state index in [-0.39, 0.29) is 5.41 Å². The van der Waals surface area contributed by atoms with Crippen molar-refractivity contribution in [1.29, 1.82) is 0 Å². The third-order valence-electron chi connectivity index (χ3n) is 3.83. The molecule has 0 atom stereocenters. The average molecular weight is 274 g/mol. The highest BCUT2D eigenvalue weighted by Crippen LogP contribution is 2.22. The van der Waals surface area contributed by atoms with E-state index in [0.29, 0.717) is 12.2 Å². The Morgan fingerprint density at radius 2 is 1.45 bits per heavy atom. The van der Waals surface area contributed by atoms with Crippen LogP contribution in [0.15, 0.2) is 24.3 Å². The first kappa shape index (κ1) is 16.9. The molecule has 0 aliphatic heterocycles. The van der Waals surface area contributed by atoms with E-state index in [2.05, 4.69) is 39.8 Å². The molecule has 0 aliphatic carbocycles. The standard InChI is InChI=1S/C19H30O/c1-5-6-7-8-9-10-11-18(20)16-12-14-17(15-13-16)19(2,3)4/h12-15H,5-11H2,1-4H3. The van der Waals surface area contributed by atoms with Crippen molar-refractivity contribution in [2.24, 2.45) is 0 Å². The van der Waals surface area contributed by atoms with Crippen molar-refractivity contribution in [2.75, 3.05) is 0 Å². The molecule has 0 aliphatic rings. The molecule has 0 fully saturated rings. The van der Waals surface area contributed by atoms with Crippen molar-refractivity contribution in [1.82, 2.24) is 0 Å². The van der Waals surface area contributed by atoms with E-state index >= 15 is 0 Å². The molecule has 0 saturated carbocycles. The van der Waals surface area contributed by atoms with E-state index in [0.717, 1.165) is 12.0 Å². The molecule has 1 nitrogen and oxygen atoms in total. The zero-order valence-corrected chi connectivity index (χ0v) is 13.7. The van der Waals surface area contributed by atoms with Crippen LogP contribution in [0.2, 0.25) is 0 Å². The largest absolute Gasteiger partial charge is 0.294 e. The minimum absolute atomic E-state index is 0.154. The van der Waals surface area contributed by atoms with Gasteiger partial charge in [-0.15, -0.1) is 0 Å². The van der Waals surface area contributed by atoms with E-state index in [4.69, 9.17) is 0 Å². The van der Waals surface area contributed by atoms with Crippen LogP contribution in [0.3, 0.4) is 0 Å². The number of carbonyl (C=O) groups is 1. The lowest BCUT2D eigenvalue weighted by atomic mass is 9.86. The molecule has 1 rings (SSSR count). The van der Waals surface area contributed by atoms with Gasteiger partial charge >= 0.3 is 0 Å². The molecule has 1 heteroatoms. The van der Waals surface area contributed by atoms with Gasteiger partial charge in [-0.05, 0) is 17.4 Å². The number of hydrogen-bond acceptors (Lipinski definition) is 1. The molecule has 0 aromatic heterocycles. The second-order valence-corrected chi connectivity index (χ2v) is 6.77. The molecule has 0 N–H and O–H groups in total. The fraction of sp³-hybridized carbons (Fsp3) is 0.632. The fourth-order valence-electron chi connectivity index (χ4n) is 2.37. The maximum Gasteiger partial charge on any atom is 0.162 e. The van der Waals surface area contributed by atoms with Crippen LogP contribution in [0.5, 0.6) is 0 Å². The zero-order valence-electron chi connectivity index (χ0n) is 13.7. The van der Waals surface area contributed by atoms with Crippen LogP contribution in [-0.2, 0) is 5.41 Å². The summed E-state index contributed by atoms with van der Waals surface area (Å²) in [6, 6.07) is 8.16. The van der Waals surface area contributed by atoms with Crippen molar-refractivity contribution in [3.8, 4) is 0 Å². The molecule has 0 amide bonds. The topological polar surface area (TPSA) is 17.1 Å². The van der Waals surface area contributed by atoms with Gasteiger partial charge in [0.05, 0.1) is 0 Å². The van der Waals surface area contributed by atoms with E-state index in [1.807, 2.05) is 12.1 Å². The van der Waals surface area contributed by atoms with Gasteiger partial charge in [0.2, 0.25) is 0 Å². The Balaban J connectivity index is 2.37. The van der Waals surface area contributed by atoms with Crippen LogP contribution >= 0.6 is 0 Å².